The van der Waals surface area contributed by atoms with Crippen molar-refractivity contribution in [2.75, 3.05) is 23.8 Å². The van der Waals surface area contributed by atoms with Crippen LogP contribution in [0.25, 0.3) is 0 Å². The highest BCUT2D eigenvalue weighted by Gasteiger charge is 2.16. The van der Waals surface area contributed by atoms with Gasteiger partial charge in [-0.2, -0.15) is 0 Å². The highest BCUT2D eigenvalue weighted by molar-refractivity contribution is 7.89. The summed E-state index contributed by atoms with van der Waals surface area (Å²) in [7, 11) is -3.78. The Morgan fingerprint density at radius 2 is 1.71 bits per heavy atom. The number of amides is 1. The smallest absolute Gasteiger partial charge is 0.246 e. The van der Waals surface area contributed by atoms with Gasteiger partial charge in [0, 0.05) is 11.8 Å². The number of anilines is 2. The second-order valence-electron chi connectivity index (χ2n) is 5.95. The second kappa shape index (κ2) is 9.43. The van der Waals surface area contributed by atoms with Crippen LogP contribution in [0.1, 0.15) is 20.8 Å². The predicted octanol–water partition coefficient (Wildman–Crippen LogP) is 2.57. The van der Waals surface area contributed by atoms with Crippen molar-refractivity contribution in [2.45, 2.75) is 31.7 Å². The Morgan fingerprint density at radius 1 is 1.07 bits per heavy atom. The van der Waals surface area contributed by atoms with E-state index in [1.807, 2.05) is 13.8 Å². The lowest BCUT2D eigenvalue weighted by Gasteiger charge is -2.19. The molecule has 0 fully saturated rings. The summed E-state index contributed by atoms with van der Waals surface area (Å²) in [4.78, 5) is 12.5. The van der Waals surface area contributed by atoms with Crippen LogP contribution in [0.3, 0.4) is 0 Å². The standard InChI is InChI=1S/C19H25N3O5S/c1-4-26-15-8-11-18(27-5-2)17(12-15)21-13(3)19(23)22-14-6-9-16(10-7-14)28(20,24)25/h6-13,21H,4-5H2,1-3H3,(H,22,23)(H2,20,24,25). The Kier molecular flexibility index (Phi) is 7.24. The first-order chi connectivity index (χ1) is 13.2. The van der Waals surface area contributed by atoms with Crippen LogP contribution in [0.15, 0.2) is 47.4 Å². The molecule has 2 aromatic rings. The lowest BCUT2D eigenvalue weighted by molar-refractivity contribution is -0.116. The first kappa shape index (κ1) is 21.5. The van der Waals surface area contributed by atoms with Gasteiger partial charge in [0.1, 0.15) is 17.5 Å². The molecular weight excluding hydrogens is 382 g/mol. The van der Waals surface area contributed by atoms with E-state index in [4.69, 9.17) is 14.6 Å². The van der Waals surface area contributed by atoms with Crippen molar-refractivity contribution in [3.63, 3.8) is 0 Å². The average Bonchev–Trinajstić information content (AvgIpc) is 2.64. The zero-order valence-corrected chi connectivity index (χ0v) is 16.9. The van der Waals surface area contributed by atoms with E-state index < -0.39 is 16.1 Å². The van der Waals surface area contributed by atoms with Gasteiger partial charge in [0.25, 0.3) is 0 Å². The Hall–Kier alpha value is -2.78. The van der Waals surface area contributed by atoms with E-state index >= 15 is 0 Å². The molecule has 1 atom stereocenters. The van der Waals surface area contributed by atoms with Gasteiger partial charge in [-0.05, 0) is 57.2 Å². The monoisotopic (exact) mass is 407 g/mol. The second-order valence-corrected chi connectivity index (χ2v) is 7.51. The molecule has 1 unspecified atom stereocenters. The third-order valence-corrected chi connectivity index (χ3v) is 4.71. The lowest BCUT2D eigenvalue weighted by Crippen LogP contribution is -2.32. The molecule has 8 nitrogen and oxygen atoms in total. The summed E-state index contributed by atoms with van der Waals surface area (Å²) >= 11 is 0. The van der Waals surface area contributed by atoms with Gasteiger partial charge in [0.05, 0.1) is 23.8 Å². The van der Waals surface area contributed by atoms with Crippen LogP contribution < -0.4 is 25.2 Å². The quantitative estimate of drug-likeness (QED) is 0.588. The molecule has 28 heavy (non-hydrogen) atoms. The van der Waals surface area contributed by atoms with E-state index in [0.717, 1.165) is 0 Å². The molecule has 0 aliphatic rings. The minimum Gasteiger partial charge on any atom is -0.494 e. The fraction of sp³-hybridized carbons (Fsp3) is 0.316. The molecular formula is C19H25N3O5S. The molecule has 0 spiro atoms. The van der Waals surface area contributed by atoms with Crippen LogP contribution in [0.2, 0.25) is 0 Å². The van der Waals surface area contributed by atoms with Gasteiger partial charge < -0.3 is 20.1 Å². The number of benzene rings is 2. The maximum atomic E-state index is 12.5. The van der Waals surface area contributed by atoms with Crippen molar-refractivity contribution in [1.82, 2.24) is 0 Å². The largest absolute Gasteiger partial charge is 0.494 e. The molecule has 2 rings (SSSR count). The van der Waals surface area contributed by atoms with E-state index in [1.54, 1.807) is 25.1 Å². The normalized spacial score (nSPS) is 12.1. The number of hydrogen-bond acceptors (Lipinski definition) is 6. The Bertz CT molecular complexity index is 914. The number of nitrogens with one attached hydrogen (secondary N) is 2. The molecule has 0 radical (unpaired) electrons. The Balaban J connectivity index is 2.10. The predicted molar refractivity (Wildman–Crippen MR) is 108 cm³/mol. The highest BCUT2D eigenvalue weighted by atomic mass is 32.2. The maximum Gasteiger partial charge on any atom is 0.246 e. The van der Waals surface area contributed by atoms with E-state index in [9.17, 15) is 13.2 Å². The van der Waals surface area contributed by atoms with Gasteiger partial charge in [-0.25, -0.2) is 13.6 Å². The third kappa shape index (κ3) is 5.86. The fourth-order valence-electron chi connectivity index (χ4n) is 2.44. The average molecular weight is 407 g/mol. The van der Waals surface area contributed by atoms with Gasteiger partial charge >= 0.3 is 0 Å². The Morgan fingerprint density at radius 3 is 2.29 bits per heavy atom. The number of primary sulfonamides is 1. The van der Waals surface area contributed by atoms with Crippen molar-refractivity contribution in [1.29, 1.82) is 0 Å². The topological polar surface area (TPSA) is 120 Å². The first-order valence-corrected chi connectivity index (χ1v) is 10.4. The first-order valence-electron chi connectivity index (χ1n) is 8.84. The van der Waals surface area contributed by atoms with E-state index in [1.165, 1.54) is 24.3 Å². The lowest BCUT2D eigenvalue weighted by atomic mass is 10.2. The van der Waals surface area contributed by atoms with Crippen LogP contribution >= 0.6 is 0 Å². The summed E-state index contributed by atoms with van der Waals surface area (Å²) in [6.07, 6.45) is 0. The number of carbonyl (C=O) groups excluding carboxylic acids is 1. The Labute approximate surface area is 165 Å². The fourth-order valence-corrected chi connectivity index (χ4v) is 2.95. The van der Waals surface area contributed by atoms with Crippen LogP contribution in [0, 0.1) is 0 Å². The molecule has 0 aromatic heterocycles. The van der Waals surface area contributed by atoms with E-state index in [2.05, 4.69) is 10.6 Å². The molecule has 152 valence electrons. The minimum atomic E-state index is -3.78. The summed E-state index contributed by atoms with van der Waals surface area (Å²) in [5.74, 6) is 0.982. The zero-order chi connectivity index (χ0) is 20.7. The summed E-state index contributed by atoms with van der Waals surface area (Å²) in [5, 5.41) is 10.9. The summed E-state index contributed by atoms with van der Waals surface area (Å²) < 4.78 is 33.7. The van der Waals surface area contributed by atoms with Crippen LogP contribution in [0.5, 0.6) is 11.5 Å². The molecule has 0 aliphatic heterocycles. The third-order valence-electron chi connectivity index (χ3n) is 3.78. The van der Waals surface area contributed by atoms with Gasteiger partial charge in [0.15, 0.2) is 0 Å². The molecule has 0 saturated heterocycles. The molecule has 4 N–H and O–H groups in total. The number of rotatable bonds is 9. The molecule has 1 amide bonds. The summed E-state index contributed by atoms with van der Waals surface area (Å²) in [5.41, 5.74) is 1.10. The van der Waals surface area contributed by atoms with Gasteiger partial charge in [0.2, 0.25) is 15.9 Å². The molecule has 0 bridgehead atoms. The van der Waals surface area contributed by atoms with Gasteiger partial charge in [-0.15, -0.1) is 0 Å². The van der Waals surface area contributed by atoms with E-state index in [-0.39, 0.29) is 10.8 Å². The zero-order valence-electron chi connectivity index (χ0n) is 16.1. The SMILES string of the molecule is CCOc1ccc(OCC)c(NC(C)C(=O)Nc2ccc(S(N)(=O)=O)cc2)c1. The van der Waals surface area contributed by atoms with Crippen molar-refractivity contribution < 1.29 is 22.7 Å². The molecule has 2 aromatic carbocycles. The number of carbonyl (C=O) groups is 1. The molecule has 0 heterocycles. The highest BCUT2D eigenvalue weighted by Crippen LogP contribution is 2.30. The summed E-state index contributed by atoms with van der Waals surface area (Å²) in [6.45, 7) is 6.48. The van der Waals surface area contributed by atoms with Crippen molar-refractivity contribution in [3.8, 4) is 11.5 Å². The minimum absolute atomic E-state index is 0.0224. The number of sulfonamides is 1. The van der Waals surface area contributed by atoms with Crippen LogP contribution in [0.4, 0.5) is 11.4 Å². The van der Waals surface area contributed by atoms with Crippen molar-refractivity contribution in [3.05, 3.63) is 42.5 Å². The van der Waals surface area contributed by atoms with Crippen molar-refractivity contribution >= 4 is 27.3 Å². The molecule has 0 aliphatic carbocycles. The van der Waals surface area contributed by atoms with Crippen LogP contribution in [-0.4, -0.2) is 33.6 Å². The van der Waals surface area contributed by atoms with Gasteiger partial charge in [-0.3, -0.25) is 4.79 Å². The van der Waals surface area contributed by atoms with Crippen molar-refractivity contribution in [2.24, 2.45) is 5.14 Å². The number of hydrogen-bond donors (Lipinski definition) is 3. The molecule has 9 heteroatoms. The van der Waals surface area contributed by atoms with Gasteiger partial charge in [-0.1, -0.05) is 0 Å². The number of nitrogens with two attached hydrogens (primary N) is 1. The van der Waals surface area contributed by atoms with Crippen LogP contribution in [-0.2, 0) is 14.8 Å². The number of ether oxygens (including phenoxy) is 2. The molecule has 0 saturated carbocycles. The maximum absolute atomic E-state index is 12.5. The summed E-state index contributed by atoms with van der Waals surface area (Å²) in [6, 6.07) is 10.4. The van der Waals surface area contributed by atoms with E-state index in [0.29, 0.717) is 36.1 Å².